The quantitative estimate of drug-likeness (QED) is 0.634. The maximum absolute atomic E-state index is 10.8. The van der Waals surface area contributed by atoms with Crippen LogP contribution in [0.25, 0.3) is 0 Å². The Hall–Kier alpha value is -1.21. The Balaban J connectivity index is 2.85. The van der Waals surface area contributed by atoms with E-state index in [-0.39, 0.29) is 11.1 Å². The fourth-order valence-electron chi connectivity index (χ4n) is 2.11. The molecule has 0 saturated heterocycles. The van der Waals surface area contributed by atoms with Crippen molar-refractivity contribution in [3.8, 4) is 0 Å². The van der Waals surface area contributed by atoms with Crippen LogP contribution in [0.4, 0.5) is 11.5 Å². The molecule has 0 bridgehead atoms. The van der Waals surface area contributed by atoms with E-state index >= 15 is 0 Å². The van der Waals surface area contributed by atoms with Crippen LogP contribution in [0.1, 0.15) is 19.4 Å². The molecule has 7 heteroatoms. The SMILES string of the molecule is Cc1c([N+](=O)[O-])cnc(NCC(C)(C)CN(C)C)c1Br. The van der Waals surface area contributed by atoms with Crippen molar-refractivity contribution in [2.75, 3.05) is 32.5 Å². The zero-order chi connectivity index (χ0) is 15.5. The molecule has 6 nitrogen and oxygen atoms in total. The third-order valence-corrected chi connectivity index (χ3v) is 3.88. The zero-order valence-corrected chi connectivity index (χ0v) is 14.1. The number of hydrogen-bond acceptors (Lipinski definition) is 5. The lowest BCUT2D eigenvalue weighted by Crippen LogP contribution is -2.34. The highest BCUT2D eigenvalue weighted by atomic mass is 79.9. The van der Waals surface area contributed by atoms with Gasteiger partial charge in [-0.25, -0.2) is 4.98 Å². The Morgan fingerprint density at radius 3 is 2.60 bits per heavy atom. The summed E-state index contributed by atoms with van der Waals surface area (Å²) in [7, 11) is 4.07. The average molecular weight is 345 g/mol. The van der Waals surface area contributed by atoms with Gasteiger partial charge in [-0.2, -0.15) is 0 Å². The van der Waals surface area contributed by atoms with Gasteiger partial charge in [-0.15, -0.1) is 0 Å². The minimum absolute atomic E-state index is 0.0231. The van der Waals surface area contributed by atoms with E-state index < -0.39 is 4.92 Å². The molecule has 0 aliphatic carbocycles. The number of nitro groups is 1. The lowest BCUT2D eigenvalue weighted by molar-refractivity contribution is -0.385. The Morgan fingerprint density at radius 2 is 2.10 bits per heavy atom. The summed E-state index contributed by atoms with van der Waals surface area (Å²) in [6.07, 6.45) is 1.29. The average Bonchev–Trinajstić information content (AvgIpc) is 2.29. The van der Waals surface area contributed by atoms with E-state index in [0.29, 0.717) is 15.9 Å². The summed E-state index contributed by atoms with van der Waals surface area (Å²) in [6, 6.07) is 0. The Labute approximate surface area is 127 Å². The lowest BCUT2D eigenvalue weighted by Gasteiger charge is -2.28. The highest BCUT2D eigenvalue weighted by Crippen LogP contribution is 2.31. The maximum atomic E-state index is 10.8. The number of hydrogen-bond donors (Lipinski definition) is 1. The fraction of sp³-hybridized carbons (Fsp3) is 0.615. The van der Waals surface area contributed by atoms with Crippen LogP contribution in [0.15, 0.2) is 10.7 Å². The predicted molar refractivity (Wildman–Crippen MR) is 84.2 cm³/mol. The van der Waals surface area contributed by atoms with E-state index in [1.165, 1.54) is 6.20 Å². The monoisotopic (exact) mass is 344 g/mol. The number of halogens is 1. The van der Waals surface area contributed by atoms with Crippen molar-refractivity contribution >= 4 is 27.4 Å². The van der Waals surface area contributed by atoms with Crippen molar-refractivity contribution in [2.24, 2.45) is 5.41 Å². The van der Waals surface area contributed by atoms with E-state index in [1.807, 2.05) is 14.1 Å². The summed E-state index contributed by atoms with van der Waals surface area (Å²) in [5, 5.41) is 14.1. The summed E-state index contributed by atoms with van der Waals surface area (Å²) in [6.45, 7) is 7.69. The van der Waals surface area contributed by atoms with E-state index in [2.05, 4.69) is 45.0 Å². The molecule has 0 aliphatic heterocycles. The van der Waals surface area contributed by atoms with Crippen LogP contribution in [-0.4, -0.2) is 42.0 Å². The Kier molecular flexibility index (Phi) is 5.47. The molecule has 112 valence electrons. The zero-order valence-electron chi connectivity index (χ0n) is 12.5. The summed E-state index contributed by atoms with van der Waals surface area (Å²) in [5.41, 5.74) is 0.674. The van der Waals surface area contributed by atoms with Gasteiger partial charge in [0.2, 0.25) is 0 Å². The maximum Gasteiger partial charge on any atom is 0.291 e. The first-order valence-electron chi connectivity index (χ1n) is 6.32. The lowest BCUT2D eigenvalue weighted by atomic mass is 9.93. The van der Waals surface area contributed by atoms with Gasteiger partial charge in [0.25, 0.3) is 5.69 Å². The van der Waals surface area contributed by atoms with Crippen LogP contribution in [0.2, 0.25) is 0 Å². The first-order valence-corrected chi connectivity index (χ1v) is 7.11. The van der Waals surface area contributed by atoms with Gasteiger partial charge in [0, 0.05) is 18.7 Å². The van der Waals surface area contributed by atoms with Crippen molar-refractivity contribution < 1.29 is 4.92 Å². The number of rotatable bonds is 6. The molecule has 0 atom stereocenters. The van der Waals surface area contributed by atoms with Crippen LogP contribution in [0.3, 0.4) is 0 Å². The van der Waals surface area contributed by atoms with Gasteiger partial charge in [0.05, 0.1) is 9.40 Å². The van der Waals surface area contributed by atoms with Gasteiger partial charge < -0.3 is 10.2 Å². The molecule has 1 aromatic rings. The van der Waals surface area contributed by atoms with E-state index in [9.17, 15) is 10.1 Å². The number of anilines is 1. The molecule has 0 aliphatic rings. The molecule has 0 fully saturated rings. The van der Waals surface area contributed by atoms with Crippen molar-refractivity contribution in [3.63, 3.8) is 0 Å². The number of nitrogens with one attached hydrogen (secondary N) is 1. The largest absolute Gasteiger partial charge is 0.369 e. The molecule has 20 heavy (non-hydrogen) atoms. The summed E-state index contributed by atoms with van der Waals surface area (Å²) >= 11 is 3.38. The minimum Gasteiger partial charge on any atom is -0.369 e. The van der Waals surface area contributed by atoms with Gasteiger partial charge in [-0.05, 0) is 42.4 Å². The topological polar surface area (TPSA) is 71.3 Å². The van der Waals surface area contributed by atoms with Crippen LogP contribution in [-0.2, 0) is 0 Å². The molecule has 1 heterocycles. The number of pyridine rings is 1. The minimum atomic E-state index is -0.424. The normalized spacial score (nSPS) is 11.8. The number of nitrogens with zero attached hydrogens (tertiary/aromatic N) is 3. The van der Waals surface area contributed by atoms with Crippen molar-refractivity contribution in [3.05, 3.63) is 26.3 Å². The molecular formula is C13H21BrN4O2. The summed E-state index contributed by atoms with van der Waals surface area (Å²) in [5.74, 6) is 0.639. The highest BCUT2D eigenvalue weighted by Gasteiger charge is 2.21. The summed E-state index contributed by atoms with van der Waals surface area (Å²) < 4.78 is 0.646. The molecule has 0 saturated carbocycles. The van der Waals surface area contributed by atoms with Gasteiger partial charge in [0.1, 0.15) is 12.0 Å². The molecule has 0 radical (unpaired) electrons. The Bertz CT molecular complexity index is 503. The van der Waals surface area contributed by atoms with E-state index in [1.54, 1.807) is 6.92 Å². The van der Waals surface area contributed by atoms with Crippen molar-refractivity contribution in [2.45, 2.75) is 20.8 Å². The third kappa shape index (κ3) is 4.42. The van der Waals surface area contributed by atoms with Gasteiger partial charge >= 0.3 is 0 Å². The molecule has 0 aromatic carbocycles. The molecule has 1 N–H and O–H groups in total. The Morgan fingerprint density at radius 1 is 1.50 bits per heavy atom. The molecular weight excluding hydrogens is 324 g/mol. The third-order valence-electron chi connectivity index (χ3n) is 2.91. The van der Waals surface area contributed by atoms with E-state index in [0.717, 1.165) is 13.1 Å². The van der Waals surface area contributed by atoms with Crippen molar-refractivity contribution in [1.82, 2.24) is 9.88 Å². The van der Waals surface area contributed by atoms with Crippen LogP contribution >= 0.6 is 15.9 Å². The molecule has 0 spiro atoms. The molecule has 0 amide bonds. The fourth-order valence-corrected chi connectivity index (χ4v) is 2.56. The van der Waals surface area contributed by atoms with Crippen molar-refractivity contribution in [1.29, 1.82) is 0 Å². The second kappa shape index (κ2) is 6.49. The van der Waals surface area contributed by atoms with Gasteiger partial charge in [-0.1, -0.05) is 13.8 Å². The highest BCUT2D eigenvalue weighted by molar-refractivity contribution is 9.10. The van der Waals surface area contributed by atoms with Crippen LogP contribution in [0, 0.1) is 22.5 Å². The first-order chi connectivity index (χ1) is 9.14. The summed E-state index contributed by atoms with van der Waals surface area (Å²) in [4.78, 5) is 16.7. The van der Waals surface area contributed by atoms with Gasteiger partial charge in [-0.3, -0.25) is 10.1 Å². The second-order valence-corrected chi connectivity index (χ2v) is 6.74. The van der Waals surface area contributed by atoms with E-state index in [4.69, 9.17) is 0 Å². The predicted octanol–water partition coefficient (Wildman–Crippen LogP) is 3.06. The molecule has 1 aromatic heterocycles. The standard InChI is InChI=1S/C13H21BrN4O2/c1-9-10(18(19)20)6-15-12(11(9)14)16-7-13(2,3)8-17(4)5/h6H,7-8H2,1-5H3,(H,15,16). The van der Waals surface area contributed by atoms with Gasteiger partial charge in [0.15, 0.2) is 0 Å². The van der Waals surface area contributed by atoms with Crippen LogP contribution < -0.4 is 5.32 Å². The first kappa shape index (κ1) is 16.8. The molecule has 0 unspecified atom stereocenters. The smallest absolute Gasteiger partial charge is 0.291 e. The molecule has 1 rings (SSSR count). The van der Waals surface area contributed by atoms with Crippen LogP contribution in [0.5, 0.6) is 0 Å². The second-order valence-electron chi connectivity index (χ2n) is 5.94. The number of aromatic nitrogens is 1.